The maximum absolute atomic E-state index is 3.54. The Bertz CT molecular complexity index is 193. The summed E-state index contributed by atoms with van der Waals surface area (Å²) >= 11 is 0. The molecular weight excluding hydrogens is 172 g/mol. The van der Waals surface area contributed by atoms with E-state index in [-0.39, 0.29) is 0 Å². The second kappa shape index (κ2) is 4.19. The van der Waals surface area contributed by atoms with Gasteiger partial charge in [0.2, 0.25) is 0 Å². The van der Waals surface area contributed by atoms with Crippen molar-refractivity contribution >= 4 is 0 Å². The summed E-state index contributed by atoms with van der Waals surface area (Å²) in [4.78, 5) is 2.76. The van der Waals surface area contributed by atoms with E-state index in [1.54, 1.807) is 0 Å². The largest absolute Gasteiger partial charge is 0.316 e. The van der Waals surface area contributed by atoms with E-state index in [1.165, 1.54) is 32.5 Å². The van der Waals surface area contributed by atoms with Gasteiger partial charge in [0.25, 0.3) is 0 Å². The predicted molar refractivity (Wildman–Crippen MR) is 60.4 cm³/mol. The summed E-state index contributed by atoms with van der Waals surface area (Å²) in [5.74, 6) is 1.88. The van der Waals surface area contributed by atoms with Crippen molar-refractivity contribution in [3.05, 3.63) is 0 Å². The molecule has 1 N–H and O–H groups in total. The predicted octanol–water partition coefficient (Wildman–Crippen LogP) is 1.71. The molecule has 2 aliphatic rings. The average Bonchev–Trinajstić information content (AvgIpc) is 2.74. The van der Waals surface area contributed by atoms with Crippen LogP contribution in [0.4, 0.5) is 0 Å². The first kappa shape index (κ1) is 10.4. The summed E-state index contributed by atoms with van der Waals surface area (Å²) in [6.07, 6.45) is 2.62. The lowest BCUT2D eigenvalue weighted by Crippen LogP contribution is -2.40. The van der Waals surface area contributed by atoms with Crippen molar-refractivity contribution in [2.45, 2.75) is 45.7 Å². The molecule has 4 unspecified atom stereocenters. The van der Waals surface area contributed by atoms with Crippen molar-refractivity contribution in [3.63, 3.8) is 0 Å². The number of hydrogen-bond acceptors (Lipinski definition) is 2. The molecule has 2 saturated heterocycles. The molecule has 0 bridgehead atoms. The zero-order valence-corrected chi connectivity index (χ0v) is 9.79. The fourth-order valence-corrected chi connectivity index (χ4v) is 3.33. The van der Waals surface area contributed by atoms with Crippen LogP contribution in [0.5, 0.6) is 0 Å². The smallest absolute Gasteiger partial charge is 0.0140 e. The molecule has 0 aromatic rings. The van der Waals surface area contributed by atoms with Crippen LogP contribution in [0.3, 0.4) is 0 Å². The average molecular weight is 196 g/mol. The van der Waals surface area contributed by atoms with Gasteiger partial charge in [0, 0.05) is 18.6 Å². The summed E-state index contributed by atoms with van der Waals surface area (Å²) in [7, 11) is 0. The molecule has 0 aliphatic carbocycles. The van der Waals surface area contributed by atoms with E-state index in [4.69, 9.17) is 0 Å². The molecule has 0 aromatic heterocycles. The van der Waals surface area contributed by atoms with Gasteiger partial charge in [-0.15, -0.1) is 0 Å². The maximum Gasteiger partial charge on any atom is 0.0140 e. The van der Waals surface area contributed by atoms with Gasteiger partial charge in [0.05, 0.1) is 0 Å². The van der Waals surface area contributed by atoms with Crippen molar-refractivity contribution in [3.8, 4) is 0 Å². The summed E-state index contributed by atoms with van der Waals surface area (Å²) in [5, 5.41) is 3.54. The fraction of sp³-hybridized carbons (Fsp3) is 1.00. The van der Waals surface area contributed by atoms with Crippen molar-refractivity contribution < 1.29 is 0 Å². The number of likely N-dealkylation sites (tertiary alicyclic amines) is 1. The Morgan fingerprint density at radius 2 is 2.14 bits per heavy atom. The monoisotopic (exact) mass is 196 g/mol. The molecule has 2 nitrogen and oxygen atoms in total. The highest BCUT2D eigenvalue weighted by molar-refractivity contribution is 4.99. The Hall–Kier alpha value is -0.0800. The van der Waals surface area contributed by atoms with Gasteiger partial charge in [0.1, 0.15) is 0 Å². The molecule has 2 rings (SSSR count). The molecule has 0 radical (unpaired) electrons. The van der Waals surface area contributed by atoms with E-state index in [9.17, 15) is 0 Å². The summed E-state index contributed by atoms with van der Waals surface area (Å²) in [5.41, 5.74) is 0. The Morgan fingerprint density at radius 3 is 2.79 bits per heavy atom. The van der Waals surface area contributed by atoms with Crippen LogP contribution < -0.4 is 5.32 Å². The van der Waals surface area contributed by atoms with Gasteiger partial charge < -0.3 is 5.32 Å². The number of nitrogens with zero attached hydrogens (tertiary/aromatic N) is 1. The minimum absolute atomic E-state index is 0.783. The van der Waals surface area contributed by atoms with E-state index >= 15 is 0 Å². The van der Waals surface area contributed by atoms with Crippen LogP contribution in [0.15, 0.2) is 0 Å². The van der Waals surface area contributed by atoms with Crippen LogP contribution in [0.1, 0.15) is 33.6 Å². The summed E-state index contributed by atoms with van der Waals surface area (Å²) in [6, 6.07) is 1.63. The van der Waals surface area contributed by atoms with Crippen molar-refractivity contribution in [2.75, 3.05) is 19.6 Å². The number of rotatable bonds is 3. The lowest BCUT2D eigenvalue weighted by atomic mass is 9.92. The Labute approximate surface area is 88.1 Å². The third-order valence-electron chi connectivity index (χ3n) is 4.33. The van der Waals surface area contributed by atoms with E-state index in [0.29, 0.717) is 0 Å². The van der Waals surface area contributed by atoms with Crippen molar-refractivity contribution in [2.24, 2.45) is 11.8 Å². The van der Waals surface area contributed by atoms with Crippen LogP contribution in [0.2, 0.25) is 0 Å². The summed E-state index contributed by atoms with van der Waals surface area (Å²) < 4.78 is 0. The van der Waals surface area contributed by atoms with Gasteiger partial charge >= 0.3 is 0 Å². The van der Waals surface area contributed by atoms with Crippen molar-refractivity contribution in [1.82, 2.24) is 10.2 Å². The van der Waals surface area contributed by atoms with E-state index < -0.39 is 0 Å². The first-order valence-electron chi connectivity index (χ1n) is 6.24. The quantitative estimate of drug-likeness (QED) is 0.739. The second-order valence-electron chi connectivity index (χ2n) is 5.01. The molecular formula is C12H24N2. The Balaban J connectivity index is 2.05. The van der Waals surface area contributed by atoms with E-state index in [0.717, 1.165) is 23.9 Å². The third kappa shape index (κ3) is 1.59. The molecule has 0 aromatic carbocycles. The molecule has 82 valence electrons. The minimum Gasteiger partial charge on any atom is -0.316 e. The van der Waals surface area contributed by atoms with E-state index in [2.05, 4.69) is 31.0 Å². The van der Waals surface area contributed by atoms with Crippen LogP contribution in [0.25, 0.3) is 0 Å². The zero-order valence-electron chi connectivity index (χ0n) is 9.79. The molecule has 2 heteroatoms. The normalized spacial score (nSPS) is 40.1. The van der Waals surface area contributed by atoms with Gasteiger partial charge in [-0.1, -0.05) is 13.8 Å². The number of hydrogen-bond donors (Lipinski definition) is 1. The Kier molecular flexibility index (Phi) is 3.13. The molecule has 2 heterocycles. The highest BCUT2D eigenvalue weighted by Crippen LogP contribution is 2.35. The molecule has 0 spiro atoms. The van der Waals surface area contributed by atoms with Crippen LogP contribution >= 0.6 is 0 Å². The SMILES string of the molecule is CCC(C)N1CC2CNCC2C1CC. The first-order valence-corrected chi connectivity index (χ1v) is 6.24. The van der Waals surface area contributed by atoms with Crippen LogP contribution in [0, 0.1) is 11.8 Å². The fourth-order valence-electron chi connectivity index (χ4n) is 3.33. The highest BCUT2D eigenvalue weighted by atomic mass is 15.2. The summed E-state index contributed by atoms with van der Waals surface area (Å²) in [6.45, 7) is 10.9. The van der Waals surface area contributed by atoms with Gasteiger partial charge in [-0.05, 0) is 44.7 Å². The van der Waals surface area contributed by atoms with Crippen LogP contribution in [-0.2, 0) is 0 Å². The number of nitrogens with one attached hydrogen (secondary N) is 1. The molecule has 0 saturated carbocycles. The lowest BCUT2D eigenvalue weighted by molar-refractivity contribution is 0.161. The van der Waals surface area contributed by atoms with Crippen LogP contribution in [-0.4, -0.2) is 36.6 Å². The third-order valence-corrected chi connectivity index (χ3v) is 4.33. The molecule has 4 atom stereocenters. The lowest BCUT2D eigenvalue weighted by Gasteiger charge is -2.31. The standard InChI is InChI=1S/C12H24N2/c1-4-9(3)14-8-10-6-13-7-11(10)12(14)5-2/h9-13H,4-8H2,1-3H3. The second-order valence-corrected chi connectivity index (χ2v) is 5.01. The molecule has 2 aliphatic heterocycles. The maximum atomic E-state index is 3.54. The number of fused-ring (bicyclic) bond motifs is 1. The highest BCUT2D eigenvalue weighted by Gasteiger charge is 2.44. The van der Waals surface area contributed by atoms with Gasteiger partial charge in [-0.2, -0.15) is 0 Å². The minimum atomic E-state index is 0.783. The van der Waals surface area contributed by atoms with Gasteiger partial charge in [0.15, 0.2) is 0 Å². The van der Waals surface area contributed by atoms with Gasteiger partial charge in [-0.25, -0.2) is 0 Å². The molecule has 2 fully saturated rings. The molecule has 14 heavy (non-hydrogen) atoms. The topological polar surface area (TPSA) is 15.3 Å². The Morgan fingerprint density at radius 1 is 1.36 bits per heavy atom. The van der Waals surface area contributed by atoms with E-state index in [1.807, 2.05) is 0 Å². The zero-order chi connectivity index (χ0) is 10.1. The van der Waals surface area contributed by atoms with Gasteiger partial charge in [-0.3, -0.25) is 4.90 Å². The molecule has 0 amide bonds. The van der Waals surface area contributed by atoms with Crippen molar-refractivity contribution in [1.29, 1.82) is 0 Å². The first-order chi connectivity index (χ1) is 6.77.